The lowest BCUT2D eigenvalue weighted by molar-refractivity contribution is -0.0150. The van der Waals surface area contributed by atoms with Crippen molar-refractivity contribution in [3.8, 4) is 0 Å². The van der Waals surface area contributed by atoms with Crippen molar-refractivity contribution in [1.82, 2.24) is 5.32 Å². The molecular formula is C8H18N2O2. The van der Waals surface area contributed by atoms with Crippen LogP contribution in [0.15, 0.2) is 0 Å². The molecule has 0 saturated heterocycles. The molecule has 72 valence electrons. The van der Waals surface area contributed by atoms with Crippen LogP contribution in [0.25, 0.3) is 0 Å². The van der Waals surface area contributed by atoms with E-state index >= 15 is 0 Å². The summed E-state index contributed by atoms with van der Waals surface area (Å²) in [6, 6.07) is -0.484. The molecule has 0 bridgehead atoms. The van der Waals surface area contributed by atoms with Crippen LogP contribution in [0.3, 0.4) is 0 Å². The third kappa shape index (κ3) is 5.97. The van der Waals surface area contributed by atoms with Gasteiger partial charge in [-0.1, -0.05) is 0 Å². The number of nitrogens with two attached hydrogens (primary N) is 1. The highest BCUT2D eigenvalue weighted by Crippen LogP contribution is 2.12. The molecule has 0 aromatic carbocycles. The summed E-state index contributed by atoms with van der Waals surface area (Å²) in [5, 5.41) is 2.52. The summed E-state index contributed by atoms with van der Waals surface area (Å²) >= 11 is 0. The molecule has 12 heavy (non-hydrogen) atoms. The number of rotatable bonds is 5. The van der Waals surface area contributed by atoms with Gasteiger partial charge < -0.3 is 15.8 Å². The van der Waals surface area contributed by atoms with Crippen LogP contribution < -0.4 is 11.1 Å². The SMILES string of the molecule is CCOC(C)(C)CCNC(N)=O. The largest absolute Gasteiger partial charge is 0.376 e. The van der Waals surface area contributed by atoms with Crippen LogP contribution in [0.5, 0.6) is 0 Å². The molecule has 0 saturated carbocycles. The lowest BCUT2D eigenvalue weighted by Gasteiger charge is -2.24. The van der Waals surface area contributed by atoms with Gasteiger partial charge in [0.05, 0.1) is 5.60 Å². The predicted octanol–water partition coefficient (Wildman–Crippen LogP) is 0.860. The van der Waals surface area contributed by atoms with Crippen LogP contribution in [0.2, 0.25) is 0 Å². The van der Waals surface area contributed by atoms with Gasteiger partial charge in [0, 0.05) is 13.2 Å². The van der Waals surface area contributed by atoms with Crippen LogP contribution in [0, 0.1) is 0 Å². The van der Waals surface area contributed by atoms with Gasteiger partial charge in [0.25, 0.3) is 0 Å². The molecule has 0 radical (unpaired) electrons. The Morgan fingerprint density at radius 1 is 1.58 bits per heavy atom. The van der Waals surface area contributed by atoms with Crippen molar-refractivity contribution in [2.75, 3.05) is 13.2 Å². The Bertz CT molecular complexity index is 146. The highest BCUT2D eigenvalue weighted by atomic mass is 16.5. The lowest BCUT2D eigenvalue weighted by Crippen LogP contribution is -2.35. The van der Waals surface area contributed by atoms with Gasteiger partial charge in [0.15, 0.2) is 0 Å². The zero-order valence-electron chi connectivity index (χ0n) is 8.02. The minimum absolute atomic E-state index is 0.183. The average Bonchev–Trinajstić information content (AvgIpc) is 1.85. The zero-order valence-corrected chi connectivity index (χ0v) is 8.02. The third-order valence-electron chi connectivity index (χ3n) is 1.56. The van der Waals surface area contributed by atoms with Crippen LogP contribution in [0.1, 0.15) is 27.2 Å². The second-order valence-electron chi connectivity index (χ2n) is 3.23. The van der Waals surface area contributed by atoms with Crippen LogP contribution >= 0.6 is 0 Å². The second kappa shape index (κ2) is 4.98. The first-order valence-electron chi connectivity index (χ1n) is 4.15. The molecule has 0 aromatic rings. The molecule has 2 amide bonds. The van der Waals surface area contributed by atoms with Crippen molar-refractivity contribution < 1.29 is 9.53 Å². The Morgan fingerprint density at radius 2 is 2.17 bits per heavy atom. The number of carbonyl (C=O) groups is 1. The highest BCUT2D eigenvalue weighted by molar-refractivity contribution is 5.71. The van der Waals surface area contributed by atoms with Crippen LogP contribution in [-0.4, -0.2) is 24.8 Å². The maximum absolute atomic E-state index is 10.3. The molecule has 0 atom stereocenters. The smallest absolute Gasteiger partial charge is 0.312 e. The van der Waals surface area contributed by atoms with Gasteiger partial charge in [-0.25, -0.2) is 4.79 Å². The van der Waals surface area contributed by atoms with Gasteiger partial charge in [0.2, 0.25) is 0 Å². The number of carbonyl (C=O) groups excluding carboxylic acids is 1. The Hall–Kier alpha value is -0.770. The molecule has 0 heterocycles. The molecule has 4 heteroatoms. The number of nitrogens with one attached hydrogen (secondary N) is 1. The van der Waals surface area contributed by atoms with Crippen molar-refractivity contribution in [3.05, 3.63) is 0 Å². The molecule has 0 aromatic heterocycles. The Morgan fingerprint density at radius 3 is 2.58 bits per heavy atom. The standard InChI is InChI=1S/C8H18N2O2/c1-4-12-8(2,3)5-6-10-7(9)11/h4-6H2,1-3H3,(H3,9,10,11). The fourth-order valence-electron chi connectivity index (χ4n) is 0.950. The van der Waals surface area contributed by atoms with E-state index in [-0.39, 0.29) is 5.60 Å². The van der Waals surface area contributed by atoms with Gasteiger partial charge in [-0.15, -0.1) is 0 Å². The van der Waals surface area contributed by atoms with Gasteiger partial charge in [-0.3, -0.25) is 0 Å². The number of hydrogen-bond donors (Lipinski definition) is 2. The number of hydrogen-bond acceptors (Lipinski definition) is 2. The van der Waals surface area contributed by atoms with E-state index in [9.17, 15) is 4.79 Å². The fraction of sp³-hybridized carbons (Fsp3) is 0.875. The third-order valence-corrected chi connectivity index (χ3v) is 1.56. The normalized spacial score (nSPS) is 11.2. The molecule has 0 spiro atoms. The van der Waals surface area contributed by atoms with Crippen molar-refractivity contribution in [3.63, 3.8) is 0 Å². The summed E-state index contributed by atoms with van der Waals surface area (Å²) in [4.78, 5) is 10.3. The average molecular weight is 174 g/mol. The summed E-state index contributed by atoms with van der Waals surface area (Å²) in [6.07, 6.45) is 0.768. The molecule has 0 unspecified atom stereocenters. The number of urea groups is 1. The summed E-state index contributed by atoms with van der Waals surface area (Å²) in [7, 11) is 0. The maximum atomic E-state index is 10.3. The van der Waals surface area contributed by atoms with Crippen molar-refractivity contribution in [2.24, 2.45) is 5.73 Å². The zero-order chi connectivity index (χ0) is 9.61. The van der Waals surface area contributed by atoms with Gasteiger partial charge in [-0.05, 0) is 27.2 Å². The summed E-state index contributed by atoms with van der Waals surface area (Å²) in [5.41, 5.74) is 4.72. The van der Waals surface area contributed by atoms with E-state index in [0.29, 0.717) is 13.2 Å². The van der Waals surface area contributed by atoms with Crippen molar-refractivity contribution in [1.29, 1.82) is 0 Å². The first-order chi connectivity index (χ1) is 5.48. The minimum atomic E-state index is -0.484. The molecule has 3 N–H and O–H groups in total. The molecular weight excluding hydrogens is 156 g/mol. The van der Waals surface area contributed by atoms with E-state index in [1.54, 1.807) is 0 Å². The Balaban J connectivity index is 3.53. The maximum Gasteiger partial charge on any atom is 0.312 e. The van der Waals surface area contributed by atoms with Gasteiger partial charge in [-0.2, -0.15) is 0 Å². The summed E-state index contributed by atoms with van der Waals surface area (Å²) in [6.45, 7) is 7.16. The van der Waals surface area contributed by atoms with E-state index in [1.165, 1.54) is 0 Å². The van der Waals surface area contributed by atoms with Crippen molar-refractivity contribution >= 4 is 6.03 Å². The first-order valence-corrected chi connectivity index (χ1v) is 4.15. The topological polar surface area (TPSA) is 64.3 Å². The van der Waals surface area contributed by atoms with E-state index in [4.69, 9.17) is 10.5 Å². The fourth-order valence-corrected chi connectivity index (χ4v) is 0.950. The number of ether oxygens (including phenoxy) is 1. The second-order valence-corrected chi connectivity index (χ2v) is 3.23. The van der Waals surface area contributed by atoms with E-state index in [0.717, 1.165) is 6.42 Å². The molecule has 0 rings (SSSR count). The molecule has 0 aliphatic carbocycles. The lowest BCUT2D eigenvalue weighted by atomic mass is 10.1. The first kappa shape index (κ1) is 11.2. The molecule has 0 aliphatic rings. The van der Waals surface area contributed by atoms with E-state index < -0.39 is 6.03 Å². The van der Waals surface area contributed by atoms with Gasteiger partial charge >= 0.3 is 6.03 Å². The van der Waals surface area contributed by atoms with Gasteiger partial charge in [0.1, 0.15) is 0 Å². The Kier molecular flexibility index (Phi) is 4.66. The van der Waals surface area contributed by atoms with E-state index in [2.05, 4.69) is 5.32 Å². The van der Waals surface area contributed by atoms with Crippen molar-refractivity contribution in [2.45, 2.75) is 32.8 Å². The number of primary amides is 1. The van der Waals surface area contributed by atoms with E-state index in [1.807, 2.05) is 20.8 Å². The van der Waals surface area contributed by atoms with Crippen LogP contribution in [-0.2, 0) is 4.74 Å². The summed E-state index contributed by atoms with van der Waals surface area (Å²) < 4.78 is 5.42. The molecule has 0 fully saturated rings. The quantitative estimate of drug-likeness (QED) is 0.649. The monoisotopic (exact) mass is 174 g/mol. The minimum Gasteiger partial charge on any atom is -0.376 e. The number of amides is 2. The molecule has 4 nitrogen and oxygen atoms in total. The van der Waals surface area contributed by atoms with Crippen LogP contribution in [0.4, 0.5) is 4.79 Å². The molecule has 0 aliphatic heterocycles. The summed E-state index contributed by atoms with van der Waals surface area (Å²) in [5.74, 6) is 0. The predicted molar refractivity (Wildman–Crippen MR) is 47.9 cm³/mol. The highest BCUT2D eigenvalue weighted by Gasteiger charge is 2.16. The Labute approximate surface area is 73.5 Å².